The molecule has 2 heterocycles. The maximum absolute atomic E-state index is 12.8. The number of halogens is 1. The number of benzene rings is 1. The predicted octanol–water partition coefficient (Wildman–Crippen LogP) is 2.04. The van der Waals surface area contributed by atoms with E-state index in [0.717, 1.165) is 37.8 Å². The fourth-order valence-electron chi connectivity index (χ4n) is 3.71. The Hall–Kier alpha value is -1.15. The zero-order valence-electron chi connectivity index (χ0n) is 15.9. The van der Waals surface area contributed by atoms with Gasteiger partial charge in [0.2, 0.25) is 15.9 Å². The van der Waals surface area contributed by atoms with Crippen LogP contribution in [0.15, 0.2) is 29.2 Å². The first-order valence-electron chi connectivity index (χ1n) is 9.61. The van der Waals surface area contributed by atoms with Crippen LogP contribution in [0.5, 0.6) is 0 Å². The fourth-order valence-corrected chi connectivity index (χ4v) is 5.14. The maximum Gasteiger partial charge on any atom is 0.243 e. The van der Waals surface area contributed by atoms with Crippen molar-refractivity contribution in [1.29, 1.82) is 0 Å². The van der Waals surface area contributed by atoms with Crippen molar-refractivity contribution in [1.82, 2.24) is 14.5 Å². The van der Waals surface area contributed by atoms with E-state index in [1.807, 2.05) is 12.1 Å². The lowest BCUT2D eigenvalue weighted by atomic mass is 10.1. The third kappa shape index (κ3) is 5.44. The Morgan fingerprint density at radius 3 is 2.37 bits per heavy atom. The topological polar surface area (TPSA) is 69.7 Å². The summed E-state index contributed by atoms with van der Waals surface area (Å²) in [6.07, 6.45) is 4.69. The van der Waals surface area contributed by atoms with Gasteiger partial charge in [-0.1, -0.05) is 25.5 Å². The summed E-state index contributed by atoms with van der Waals surface area (Å²) in [4.78, 5) is 14.5. The number of carbonyl (C=O) groups is 1. The van der Waals surface area contributed by atoms with Crippen LogP contribution in [0.25, 0.3) is 0 Å². The molecule has 2 aliphatic rings. The molecule has 0 radical (unpaired) electrons. The average Bonchev–Trinajstić information content (AvgIpc) is 3.15. The van der Waals surface area contributed by atoms with Crippen LogP contribution in [-0.4, -0.2) is 62.3 Å². The van der Waals surface area contributed by atoms with Gasteiger partial charge in [0.15, 0.2) is 0 Å². The van der Waals surface area contributed by atoms with Gasteiger partial charge in [-0.3, -0.25) is 4.79 Å². The van der Waals surface area contributed by atoms with Crippen LogP contribution in [0.4, 0.5) is 0 Å². The van der Waals surface area contributed by atoms with E-state index in [1.54, 1.807) is 17.0 Å². The van der Waals surface area contributed by atoms with E-state index in [0.29, 0.717) is 37.5 Å². The number of carbonyl (C=O) groups excluding carboxylic acids is 1. The molecule has 0 saturated carbocycles. The van der Waals surface area contributed by atoms with Crippen LogP contribution in [0.1, 0.15) is 38.2 Å². The third-order valence-electron chi connectivity index (χ3n) is 5.27. The minimum absolute atomic E-state index is 0. The van der Waals surface area contributed by atoms with E-state index in [1.165, 1.54) is 4.31 Å². The van der Waals surface area contributed by atoms with Gasteiger partial charge in [0, 0.05) is 38.6 Å². The summed E-state index contributed by atoms with van der Waals surface area (Å²) < 4.78 is 27.1. The molecule has 3 rings (SSSR count). The normalized spacial score (nSPS) is 21.1. The Kier molecular flexibility index (Phi) is 8.09. The van der Waals surface area contributed by atoms with E-state index < -0.39 is 10.0 Å². The van der Waals surface area contributed by atoms with Gasteiger partial charge in [-0.15, -0.1) is 12.4 Å². The van der Waals surface area contributed by atoms with Crippen LogP contribution < -0.4 is 5.32 Å². The molecule has 1 unspecified atom stereocenters. The van der Waals surface area contributed by atoms with Crippen LogP contribution in [-0.2, 0) is 21.2 Å². The highest BCUT2D eigenvalue weighted by Gasteiger charge is 2.31. The van der Waals surface area contributed by atoms with Gasteiger partial charge in [-0.25, -0.2) is 8.42 Å². The van der Waals surface area contributed by atoms with Crippen molar-refractivity contribution in [2.45, 2.75) is 50.0 Å². The Morgan fingerprint density at radius 2 is 1.81 bits per heavy atom. The highest BCUT2D eigenvalue weighted by molar-refractivity contribution is 7.89. The van der Waals surface area contributed by atoms with Crippen molar-refractivity contribution in [3.05, 3.63) is 29.8 Å². The number of nitrogens with zero attached hydrogens (tertiary/aromatic N) is 2. The summed E-state index contributed by atoms with van der Waals surface area (Å²) in [5.74, 6) is 0.130. The monoisotopic (exact) mass is 415 g/mol. The summed E-state index contributed by atoms with van der Waals surface area (Å²) in [6.45, 7) is 4.76. The number of sulfonamides is 1. The van der Waals surface area contributed by atoms with E-state index >= 15 is 0 Å². The molecule has 0 spiro atoms. The van der Waals surface area contributed by atoms with Crippen LogP contribution in [0.3, 0.4) is 0 Å². The van der Waals surface area contributed by atoms with Gasteiger partial charge in [0.25, 0.3) is 0 Å². The van der Waals surface area contributed by atoms with Crippen molar-refractivity contribution >= 4 is 28.3 Å². The number of amides is 1. The van der Waals surface area contributed by atoms with E-state index in [2.05, 4.69) is 12.2 Å². The van der Waals surface area contributed by atoms with Crippen molar-refractivity contribution in [3.8, 4) is 0 Å². The Morgan fingerprint density at radius 1 is 1.15 bits per heavy atom. The molecule has 1 atom stereocenters. The van der Waals surface area contributed by atoms with Crippen LogP contribution >= 0.6 is 12.4 Å². The van der Waals surface area contributed by atoms with E-state index in [4.69, 9.17) is 0 Å². The predicted molar refractivity (Wildman–Crippen MR) is 109 cm³/mol. The lowest BCUT2D eigenvalue weighted by Gasteiger charge is -2.34. The molecule has 2 aliphatic heterocycles. The summed E-state index contributed by atoms with van der Waals surface area (Å²) in [7, 11) is -3.48. The van der Waals surface area contributed by atoms with Crippen molar-refractivity contribution in [2.75, 3.05) is 32.7 Å². The second-order valence-electron chi connectivity index (χ2n) is 7.18. The van der Waals surface area contributed by atoms with Gasteiger partial charge < -0.3 is 10.2 Å². The minimum atomic E-state index is -3.48. The molecule has 1 N–H and O–H groups in total. The molecule has 2 fully saturated rings. The molecule has 6 nitrogen and oxygen atoms in total. The zero-order valence-corrected chi connectivity index (χ0v) is 17.5. The van der Waals surface area contributed by atoms with Crippen molar-refractivity contribution in [3.63, 3.8) is 0 Å². The highest BCUT2D eigenvalue weighted by atomic mass is 35.5. The first-order chi connectivity index (χ1) is 12.5. The molecule has 0 aliphatic carbocycles. The van der Waals surface area contributed by atoms with Gasteiger partial charge in [-0.05, 0) is 43.5 Å². The lowest BCUT2D eigenvalue weighted by Crippen LogP contribution is -2.51. The molecule has 27 heavy (non-hydrogen) atoms. The molecule has 0 bridgehead atoms. The number of hydrogen-bond donors (Lipinski definition) is 1. The maximum atomic E-state index is 12.8. The second kappa shape index (κ2) is 9.87. The van der Waals surface area contributed by atoms with Crippen LogP contribution in [0, 0.1) is 0 Å². The molecular weight excluding hydrogens is 386 g/mol. The summed E-state index contributed by atoms with van der Waals surface area (Å²) >= 11 is 0. The highest BCUT2D eigenvalue weighted by Crippen LogP contribution is 2.19. The number of hydrogen-bond acceptors (Lipinski definition) is 4. The number of aryl methyl sites for hydroxylation is 1. The Bertz CT molecular complexity index is 710. The molecule has 2 saturated heterocycles. The van der Waals surface area contributed by atoms with Gasteiger partial charge in [0.1, 0.15) is 0 Å². The fraction of sp³-hybridized carbons (Fsp3) is 0.632. The smallest absolute Gasteiger partial charge is 0.243 e. The van der Waals surface area contributed by atoms with Crippen LogP contribution in [0.2, 0.25) is 0 Å². The van der Waals surface area contributed by atoms with E-state index in [-0.39, 0.29) is 24.4 Å². The van der Waals surface area contributed by atoms with Crippen molar-refractivity contribution in [2.24, 2.45) is 0 Å². The lowest BCUT2D eigenvalue weighted by molar-refractivity contribution is -0.132. The molecule has 0 aromatic heterocycles. The zero-order chi connectivity index (χ0) is 18.6. The Labute approximate surface area is 168 Å². The largest absolute Gasteiger partial charge is 0.340 e. The van der Waals surface area contributed by atoms with Crippen molar-refractivity contribution < 1.29 is 13.2 Å². The first-order valence-corrected chi connectivity index (χ1v) is 11.0. The molecular formula is C19H30ClN3O3S. The second-order valence-corrected chi connectivity index (χ2v) is 9.11. The van der Waals surface area contributed by atoms with Gasteiger partial charge in [-0.2, -0.15) is 4.31 Å². The molecule has 1 aromatic carbocycles. The average molecular weight is 416 g/mol. The summed E-state index contributed by atoms with van der Waals surface area (Å²) in [5, 5.41) is 3.34. The summed E-state index contributed by atoms with van der Waals surface area (Å²) in [6, 6.07) is 7.47. The van der Waals surface area contributed by atoms with E-state index in [9.17, 15) is 13.2 Å². The number of nitrogens with one attached hydrogen (secondary N) is 1. The minimum Gasteiger partial charge on any atom is -0.340 e. The summed E-state index contributed by atoms with van der Waals surface area (Å²) in [5.41, 5.74) is 1.15. The third-order valence-corrected chi connectivity index (χ3v) is 7.19. The quantitative estimate of drug-likeness (QED) is 0.771. The number of piperazine rings is 1. The SMILES string of the molecule is CCCc1ccc(S(=O)(=O)N2CCN(C(=O)CC3CCCN3)CC2)cc1.Cl. The Balaban J connectivity index is 0.00000261. The van der Waals surface area contributed by atoms with Gasteiger partial charge >= 0.3 is 0 Å². The molecule has 152 valence electrons. The standard InChI is InChI=1S/C19H29N3O3S.ClH/c1-2-4-16-6-8-18(9-7-16)26(24,25)22-13-11-21(12-14-22)19(23)15-17-5-3-10-20-17;/h6-9,17,20H,2-5,10-15H2,1H3;1H. The molecule has 8 heteroatoms. The van der Waals surface area contributed by atoms with Gasteiger partial charge in [0.05, 0.1) is 4.90 Å². The number of rotatable bonds is 6. The molecule has 1 amide bonds. The first kappa shape index (κ1) is 22.1. The molecule has 1 aromatic rings.